The summed E-state index contributed by atoms with van der Waals surface area (Å²) in [4.78, 5) is 21.5. The van der Waals surface area contributed by atoms with Crippen LogP contribution < -0.4 is 0 Å². The molecule has 0 aromatic heterocycles. The van der Waals surface area contributed by atoms with Crippen molar-refractivity contribution in [1.82, 2.24) is 0 Å². The second-order valence-electron chi connectivity index (χ2n) is 3.56. The van der Waals surface area contributed by atoms with Crippen LogP contribution in [0.4, 0.5) is 0 Å². The Morgan fingerprint density at radius 2 is 2.24 bits per heavy atom. The van der Waals surface area contributed by atoms with Gasteiger partial charge in [0.1, 0.15) is 11.9 Å². The van der Waals surface area contributed by atoms with Crippen molar-refractivity contribution < 1.29 is 19.1 Å². The molecule has 2 unspecified atom stereocenters. The fourth-order valence-electron chi connectivity index (χ4n) is 1.69. The number of aldehydes is 1. The zero-order valence-electron chi connectivity index (χ0n) is 9.96. The first-order valence-electron chi connectivity index (χ1n) is 5.45. The van der Waals surface area contributed by atoms with Crippen molar-refractivity contribution in [2.24, 2.45) is 0 Å². The van der Waals surface area contributed by atoms with Gasteiger partial charge in [0.05, 0.1) is 0 Å². The molecular weight excluding hydrogens is 220 g/mol. The molecule has 92 valence electrons. The number of rotatable bonds is 5. The highest BCUT2D eigenvalue weighted by molar-refractivity contribution is 5.67. The third-order valence-corrected chi connectivity index (χ3v) is 2.32. The minimum atomic E-state index is -0.893. The van der Waals surface area contributed by atoms with E-state index < -0.39 is 17.7 Å². The standard InChI is InChI=1S/C13H16O4/c1-3-16-13(9-6-10-14)8-5-4-7-12(13)17-11(2)15/h4-10,12H,3H2,1-2H3/b9-6+. The third-order valence-electron chi connectivity index (χ3n) is 2.32. The summed E-state index contributed by atoms with van der Waals surface area (Å²) in [6.45, 7) is 3.62. The first kappa shape index (κ1) is 13.4. The molecule has 0 bridgehead atoms. The molecule has 0 heterocycles. The molecule has 0 spiro atoms. The van der Waals surface area contributed by atoms with E-state index in [1.807, 2.05) is 6.92 Å². The second-order valence-corrected chi connectivity index (χ2v) is 3.56. The highest BCUT2D eigenvalue weighted by Crippen LogP contribution is 2.27. The molecule has 1 aliphatic carbocycles. The summed E-state index contributed by atoms with van der Waals surface area (Å²) < 4.78 is 10.8. The molecule has 0 aliphatic heterocycles. The molecule has 4 heteroatoms. The van der Waals surface area contributed by atoms with Gasteiger partial charge in [-0.1, -0.05) is 12.2 Å². The third kappa shape index (κ3) is 3.39. The van der Waals surface area contributed by atoms with E-state index in [-0.39, 0.29) is 0 Å². The number of carbonyl (C=O) groups excluding carboxylic acids is 2. The van der Waals surface area contributed by atoms with Gasteiger partial charge in [-0.3, -0.25) is 9.59 Å². The van der Waals surface area contributed by atoms with Crippen LogP contribution >= 0.6 is 0 Å². The van der Waals surface area contributed by atoms with Gasteiger partial charge in [0.15, 0.2) is 6.10 Å². The molecule has 4 nitrogen and oxygen atoms in total. The van der Waals surface area contributed by atoms with Gasteiger partial charge in [-0.2, -0.15) is 0 Å². The lowest BCUT2D eigenvalue weighted by Crippen LogP contribution is -2.44. The van der Waals surface area contributed by atoms with Crippen LogP contribution in [0.3, 0.4) is 0 Å². The first-order valence-corrected chi connectivity index (χ1v) is 5.45. The van der Waals surface area contributed by atoms with E-state index in [0.717, 1.165) is 0 Å². The maximum atomic E-state index is 11.0. The van der Waals surface area contributed by atoms with Crippen LogP contribution in [0.5, 0.6) is 0 Å². The summed E-state index contributed by atoms with van der Waals surface area (Å²) in [6.07, 6.45) is 10.1. The van der Waals surface area contributed by atoms with Gasteiger partial charge in [-0.25, -0.2) is 0 Å². The first-order chi connectivity index (χ1) is 8.14. The van der Waals surface area contributed by atoms with Crippen molar-refractivity contribution in [1.29, 1.82) is 0 Å². The summed E-state index contributed by atoms with van der Waals surface area (Å²) in [6, 6.07) is 0. The summed E-state index contributed by atoms with van der Waals surface area (Å²) >= 11 is 0. The van der Waals surface area contributed by atoms with E-state index in [1.54, 1.807) is 30.4 Å². The Labute approximate surface area is 101 Å². The van der Waals surface area contributed by atoms with E-state index >= 15 is 0 Å². The Bertz CT molecular complexity index is 368. The molecule has 0 N–H and O–H groups in total. The van der Waals surface area contributed by atoms with Crippen molar-refractivity contribution in [2.45, 2.75) is 25.6 Å². The molecule has 0 aromatic rings. The Morgan fingerprint density at radius 3 is 2.82 bits per heavy atom. The highest BCUT2D eigenvalue weighted by Gasteiger charge is 2.37. The van der Waals surface area contributed by atoms with Crippen molar-refractivity contribution in [2.75, 3.05) is 6.61 Å². The summed E-state index contributed by atoms with van der Waals surface area (Å²) in [7, 11) is 0. The van der Waals surface area contributed by atoms with Crippen LogP contribution in [0, 0.1) is 0 Å². The van der Waals surface area contributed by atoms with Crippen LogP contribution in [0.2, 0.25) is 0 Å². The van der Waals surface area contributed by atoms with E-state index in [4.69, 9.17) is 9.47 Å². The smallest absolute Gasteiger partial charge is 0.303 e. The maximum Gasteiger partial charge on any atom is 0.303 e. The van der Waals surface area contributed by atoms with Crippen LogP contribution in [0.1, 0.15) is 13.8 Å². The maximum absolute atomic E-state index is 11.0. The number of hydrogen-bond acceptors (Lipinski definition) is 4. The normalized spacial score (nSPS) is 27.3. The lowest BCUT2D eigenvalue weighted by molar-refractivity contribution is -0.153. The van der Waals surface area contributed by atoms with Gasteiger partial charge in [0.25, 0.3) is 0 Å². The van der Waals surface area contributed by atoms with E-state index in [2.05, 4.69) is 0 Å². The molecule has 0 amide bonds. The Kier molecular flexibility index (Phi) is 4.84. The lowest BCUT2D eigenvalue weighted by Gasteiger charge is -2.34. The Hall–Kier alpha value is -1.68. The van der Waals surface area contributed by atoms with Crippen LogP contribution in [-0.4, -0.2) is 30.6 Å². The number of allylic oxidation sites excluding steroid dienone is 3. The van der Waals surface area contributed by atoms with E-state index in [9.17, 15) is 9.59 Å². The predicted octanol–water partition coefficient (Wildman–Crippen LogP) is 1.57. The number of esters is 1. The van der Waals surface area contributed by atoms with Crippen LogP contribution in [-0.2, 0) is 19.1 Å². The molecular formula is C13H16O4. The minimum Gasteiger partial charge on any atom is -0.454 e. The molecule has 0 radical (unpaired) electrons. The fraction of sp³-hybridized carbons (Fsp3) is 0.385. The van der Waals surface area contributed by atoms with Crippen molar-refractivity contribution in [3.63, 3.8) is 0 Å². The van der Waals surface area contributed by atoms with Gasteiger partial charge >= 0.3 is 5.97 Å². The quantitative estimate of drug-likeness (QED) is 0.413. The monoisotopic (exact) mass is 236 g/mol. The molecule has 2 atom stereocenters. The molecule has 0 saturated heterocycles. The highest BCUT2D eigenvalue weighted by atomic mass is 16.6. The van der Waals surface area contributed by atoms with Crippen molar-refractivity contribution >= 4 is 12.3 Å². The Morgan fingerprint density at radius 1 is 1.47 bits per heavy atom. The number of hydrogen-bond donors (Lipinski definition) is 0. The average molecular weight is 236 g/mol. The van der Waals surface area contributed by atoms with Crippen LogP contribution in [0.15, 0.2) is 36.5 Å². The lowest BCUT2D eigenvalue weighted by atomic mass is 9.91. The molecule has 1 aliphatic rings. The molecule has 0 aromatic carbocycles. The second kappa shape index (κ2) is 6.15. The van der Waals surface area contributed by atoms with Gasteiger partial charge < -0.3 is 9.47 Å². The largest absolute Gasteiger partial charge is 0.454 e. The topological polar surface area (TPSA) is 52.6 Å². The van der Waals surface area contributed by atoms with E-state index in [0.29, 0.717) is 12.9 Å². The van der Waals surface area contributed by atoms with Crippen LogP contribution in [0.25, 0.3) is 0 Å². The van der Waals surface area contributed by atoms with Gasteiger partial charge in [0, 0.05) is 13.5 Å². The summed E-state index contributed by atoms with van der Waals surface area (Å²) in [5.41, 5.74) is -0.893. The molecule has 0 fully saturated rings. The number of ether oxygens (including phenoxy) is 2. The van der Waals surface area contributed by atoms with Gasteiger partial charge in [0.2, 0.25) is 0 Å². The predicted molar refractivity (Wildman–Crippen MR) is 63.4 cm³/mol. The van der Waals surface area contributed by atoms with Gasteiger partial charge in [-0.05, 0) is 31.2 Å². The fourth-order valence-corrected chi connectivity index (χ4v) is 1.69. The van der Waals surface area contributed by atoms with Crippen molar-refractivity contribution in [3.05, 3.63) is 36.5 Å². The van der Waals surface area contributed by atoms with Gasteiger partial charge in [-0.15, -0.1) is 0 Å². The zero-order valence-corrected chi connectivity index (χ0v) is 9.96. The zero-order chi connectivity index (χ0) is 12.7. The minimum absolute atomic E-state index is 0.390. The molecule has 0 saturated carbocycles. The molecule has 17 heavy (non-hydrogen) atoms. The van der Waals surface area contributed by atoms with E-state index in [1.165, 1.54) is 13.0 Å². The summed E-state index contributed by atoms with van der Waals surface area (Å²) in [5.74, 6) is -0.390. The summed E-state index contributed by atoms with van der Waals surface area (Å²) in [5, 5.41) is 0. The number of carbonyl (C=O) groups is 2. The SMILES string of the molecule is CCOC1(/C=C/C=O)C=CC=CC1OC(C)=O. The van der Waals surface area contributed by atoms with Crippen molar-refractivity contribution in [3.8, 4) is 0 Å². The molecule has 1 rings (SSSR count). The average Bonchev–Trinajstić information content (AvgIpc) is 2.29. The Balaban J connectivity index is 3.00.